The summed E-state index contributed by atoms with van der Waals surface area (Å²) in [4.78, 5) is 28.9. The highest BCUT2D eigenvalue weighted by Gasteiger charge is 2.33. The van der Waals surface area contributed by atoms with E-state index < -0.39 is 34.3 Å². The Kier molecular flexibility index (Phi) is 11.2. The summed E-state index contributed by atoms with van der Waals surface area (Å²) < 4.78 is 40.1. The fourth-order valence-electron chi connectivity index (χ4n) is 4.22. The number of carbonyl (C=O) groups is 2. The molecule has 0 aromatic heterocycles. The second-order valence-electron chi connectivity index (χ2n) is 9.48. The van der Waals surface area contributed by atoms with Gasteiger partial charge in [-0.25, -0.2) is 12.8 Å². The van der Waals surface area contributed by atoms with E-state index in [0.29, 0.717) is 17.7 Å². The second kappa shape index (κ2) is 14.6. The Hall–Kier alpha value is -3.56. The predicted molar refractivity (Wildman–Crippen MR) is 150 cm³/mol. The number of rotatable bonds is 14. The van der Waals surface area contributed by atoms with Crippen molar-refractivity contribution < 1.29 is 22.4 Å². The minimum Gasteiger partial charge on any atom is -0.354 e. The molecule has 0 aliphatic heterocycles. The largest absolute Gasteiger partial charge is 0.354 e. The second-order valence-corrected chi connectivity index (χ2v) is 11.5. The van der Waals surface area contributed by atoms with Crippen molar-refractivity contribution in [2.24, 2.45) is 0 Å². The van der Waals surface area contributed by atoms with Crippen LogP contribution >= 0.6 is 0 Å². The van der Waals surface area contributed by atoms with Crippen LogP contribution in [0.15, 0.2) is 84.9 Å². The van der Waals surface area contributed by atoms with E-state index in [1.807, 2.05) is 12.1 Å². The van der Waals surface area contributed by atoms with Crippen molar-refractivity contribution in [3.8, 4) is 0 Å². The quantitative estimate of drug-likeness (QED) is 0.294. The smallest absolute Gasteiger partial charge is 0.247 e. The molecule has 0 fully saturated rings. The molecule has 3 aromatic carbocycles. The number of amides is 2. The van der Waals surface area contributed by atoms with Crippen LogP contribution in [0.2, 0.25) is 0 Å². The van der Waals surface area contributed by atoms with Gasteiger partial charge in [-0.05, 0) is 35.2 Å². The van der Waals surface area contributed by atoms with E-state index in [4.69, 9.17) is 0 Å². The van der Waals surface area contributed by atoms with E-state index in [2.05, 4.69) is 12.2 Å². The molecule has 3 rings (SSSR count). The van der Waals surface area contributed by atoms with Crippen LogP contribution in [0.25, 0.3) is 0 Å². The summed E-state index contributed by atoms with van der Waals surface area (Å²) in [6.45, 7) is 2.07. The summed E-state index contributed by atoms with van der Waals surface area (Å²) >= 11 is 0. The van der Waals surface area contributed by atoms with E-state index in [-0.39, 0.29) is 19.0 Å². The van der Waals surface area contributed by atoms with Crippen LogP contribution in [0.3, 0.4) is 0 Å². The Bertz CT molecular complexity index is 1300. The first-order valence-electron chi connectivity index (χ1n) is 13.0. The van der Waals surface area contributed by atoms with Crippen molar-refractivity contribution >= 4 is 21.8 Å². The number of unbranched alkanes of at least 4 members (excludes halogenated alkanes) is 2. The highest BCUT2D eigenvalue weighted by molar-refractivity contribution is 7.88. The third kappa shape index (κ3) is 9.30. The van der Waals surface area contributed by atoms with E-state index in [1.165, 1.54) is 17.0 Å². The molecule has 0 radical (unpaired) electrons. The number of sulfonamides is 1. The number of carbonyl (C=O) groups excluding carboxylic acids is 2. The standard InChI is InChI=1S/C30H36FN3O4S/c1-3-4-11-20-32-30(36)29(26-14-9-6-10-15-26)34(22-25-16-18-27(31)19-17-25)28(35)23-33(39(2,37)38)21-24-12-7-5-8-13-24/h5-10,12-19,29H,3-4,11,20-23H2,1-2H3,(H,32,36)/t29-/m1/s1. The molecule has 9 heteroatoms. The Balaban J connectivity index is 1.98. The summed E-state index contributed by atoms with van der Waals surface area (Å²) in [6.07, 6.45) is 3.81. The molecule has 0 aliphatic carbocycles. The lowest BCUT2D eigenvalue weighted by atomic mass is 10.0. The molecule has 3 aromatic rings. The molecule has 0 heterocycles. The zero-order valence-corrected chi connectivity index (χ0v) is 23.2. The Morgan fingerprint density at radius 3 is 2.03 bits per heavy atom. The number of benzene rings is 3. The van der Waals surface area contributed by atoms with E-state index in [0.717, 1.165) is 35.4 Å². The molecule has 0 saturated carbocycles. The summed E-state index contributed by atoms with van der Waals surface area (Å²) in [7, 11) is -3.77. The minimum atomic E-state index is -3.77. The molecule has 7 nitrogen and oxygen atoms in total. The lowest BCUT2D eigenvalue weighted by molar-refractivity contribution is -0.141. The molecule has 0 spiro atoms. The fourth-order valence-corrected chi connectivity index (χ4v) is 4.95. The number of nitrogens with one attached hydrogen (secondary N) is 1. The van der Waals surface area contributed by atoms with Crippen LogP contribution in [0, 0.1) is 5.82 Å². The van der Waals surface area contributed by atoms with Gasteiger partial charge in [0.05, 0.1) is 12.8 Å². The zero-order valence-electron chi connectivity index (χ0n) is 22.4. The first kappa shape index (κ1) is 30.0. The van der Waals surface area contributed by atoms with Crippen molar-refractivity contribution in [2.75, 3.05) is 19.3 Å². The Morgan fingerprint density at radius 2 is 1.44 bits per heavy atom. The summed E-state index contributed by atoms with van der Waals surface area (Å²) in [5, 5.41) is 2.95. The van der Waals surface area contributed by atoms with Gasteiger partial charge >= 0.3 is 0 Å². The molecule has 39 heavy (non-hydrogen) atoms. The molecule has 0 bridgehead atoms. The molecule has 0 unspecified atom stereocenters. The molecular formula is C30H36FN3O4S. The summed E-state index contributed by atoms with van der Waals surface area (Å²) in [5.74, 6) is -1.32. The van der Waals surface area contributed by atoms with Gasteiger partial charge < -0.3 is 10.2 Å². The maximum absolute atomic E-state index is 13.9. The molecule has 1 N–H and O–H groups in total. The van der Waals surface area contributed by atoms with Crippen LogP contribution in [0.5, 0.6) is 0 Å². The third-order valence-electron chi connectivity index (χ3n) is 6.32. The number of nitrogens with zero attached hydrogens (tertiary/aromatic N) is 2. The number of hydrogen-bond acceptors (Lipinski definition) is 4. The maximum atomic E-state index is 13.9. The highest BCUT2D eigenvalue weighted by atomic mass is 32.2. The molecule has 0 saturated heterocycles. The fraction of sp³-hybridized carbons (Fsp3) is 0.333. The molecular weight excluding hydrogens is 517 g/mol. The van der Waals surface area contributed by atoms with Crippen molar-refractivity contribution in [2.45, 2.75) is 45.3 Å². The van der Waals surface area contributed by atoms with Gasteiger partial charge in [0, 0.05) is 19.6 Å². The summed E-state index contributed by atoms with van der Waals surface area (Å²) in [5.41, 5.74) is 1.93. The van der Waals surface area contributed by atoms with Crippen molar-refractivity contribution in [3.63, 3.8) is 0 Å². The molecule has 1 atom stereocenters. The van der Waals surface area contributed by atoms with Crippen LogP contribution in [0.1, 0.15) is 48.9 Å². The van der Waals surface area contributed by atoms with Crippen LogP contribution in [0.4, 0.5) is 4.39 Å². The third-order valence-corrected chi connectivity index (χ3v) is 7.52. The zero-order chi connectivity index (χ0) is 28.3. The van der Waals surface area contributed by atoms with E-state index in [1.54, 1.807) is 60.7 Å². The summed E-state index contributed by atoms with van der Waals surface area (Å²) in [6, 6.07) is 22.6. The van der Waals surface area contributed by atoms with Crippen molar-refractivity contribution in [1.29, 1.82) is 0 Å². The van der Waals surface area contributed by atoms with Gasteiger partial charge in [0.2, 0.25) is 21.8 Å². The van der Waals surface area contributed by atoms with Crippen LogP contribution in [-0.2, 0) is 32.7 Å². The Labute approximate surface area is 230 Å². The minimum absolute atomic E-state index is 0.00895. The van der Waals surface area contributed by atoms with Crippen LogP contribution < -0.4 is 5.32 Å². The molecule has 2 amide bonds. The lowest BCUT2D eigenvalue weighted by Crippen LogP contribution is -2.47. The average molecular weight is 554 g/mol. The normalized spacial score (nSPS) is 12.2. The predicted octanol–water partition coefficient (Wildman–Crippen LogP) is 4.66. The Morgan fingerprint density at radius 1 is 0.846 bits per heavy atom. The SMILES string of the molecule is CCCCCNC(=O)[C@@H](c1ccccc1)N(Cc1ccc(F)cc1)C(=O)CN(Cc1ccccc1)S(C)(=O)=O. The van der Waals surface area contributed by atoms with Gasteiger partial charge in [0.25, 0.3) is 0 Å². The van der Waals surface area contributed by atoms with E-state index >= 15 is 0 Å². The van der Waals surface area contributed by atoms with E-state index in [9.17, 15) is 22.4 Å². The number of halogens is 1. The average Bonchev–Trinajstić information content (AvgIpc) is 2.92. The van der Waals surface area contributed by atoms with Gasteiger partial charge in [-0.15, -0.1) is 0 Å². The topological polar surface area (TPSA) is 86.8 Å². The van der Waals surface area contributed by atoms with Gasteiger partial charge in [0.15, 0.2) is 0 Å². The lowest BCUT2D eigenvalue weighted by Gasteiger charge is -2.33. The van der Waals surface area contributed by atoms with Crippen LogP contribution in [-0.4, -0.2) is 48.8 Å². The highest BCUT2D eigenvalue weighted by Crippen LogP contribution is 2.25. The molecule has 0 aliphatic rings. The first-order valence-corrected chi connectivity index (χ1v) is 14.9. The monoisotopic (exact) mass is 553 g/mol. The van der Waals surface area contributed by atoms with Gasteiger partial charge in [-0.1, -0.05) is 92.6 Å². The maximum Gasteiger partial charge on any atom is 0.247 e. The molecule has 208 valence electrons. The van der Waals surface area contributed by atoms with Gasteiger partial charge in [-0.3, -0.25) is 9.59 Å². The van der Waals surface area contributed by atoms with Crippen molar-refractivity contribution in [3.05, 3.63) is 107 Å². The first-order chi connectivity index (χ1) is 18.7. The van der Waals surface area contributed by atoms with Gasteiger partial charge in [0.1, 0.15) is 11.9 Å². The van der Waals surface area contributed by atoms with Crippen molar-refractivity contribution in [1.82, 2.24) is 14.5 Å². The van der Waals surface area contributed by atoms with Gasteiger partial charge in [-0.2, -0.15) is 4.31 Å². The number of hydrogen-bond donors (Lipinski definition) is 1.